The quantitative estimate of drug-likeness (QED) is 0.356. The van der Waals surface area contributed by atoms with Gasteiger partial charge >= 0.3 is 0 Å². The van der Waals surface area contributed by atoms with E-state index in [1.807, 2.05) is 13.8 Å². The molecule has 1 N–H and O–H groups in total. The van der Waals surface area contributed by atoms with Gasteiger partial charge in [-0.15, -0.1) is 12.6 Å². The maximum absolute atomic E-state index is 11.4. The van der Waals surface area contributed by atoms with Gasteiger partial charge in [-0.2, -0.15) is 0 Å². The third kappa shape index (κ3) is 5.23. The molecule has 0 spiro atoms. The number of thiol groups is 1. The van der Waals surface area contributed by atoms with Gasteiger partial charge < -0.3 is 4.74 Å². The number of hydrogen-bond donors (Lipinski definition) is 2. The van der Waals surface area contributed by atoms with Crippen molar-refractivity contribution in [2.24, 2.45) is 0 Å². The van der Waals surface area contributed by atoms with Crippen LogP contribution in [0.3, 0.4) is 0 Å². The molecular weight excluding hydrogens is 250 g/mol. The highest BCUT2D eigenvalue weighted by Crippen LogP contribution is 2.19. The molecule has 0 saturated carbocycles. The summed E-state index contributed by atoms with van der Waals surface area (Å²) in [5, 5.41) is 2.20. The molecule has 5 heteroatoms. The Morgan fingerprint density at radius 3 is 2.61 bits per heavy atom. The van der Waals surface area contributed by atoms with E-state index in [0.29, 0.717) is 11.3 Å². The summed E-state index contributed by atoms with van der Waals surface area (Å²) in [7, 11) is 0. The van der Waals surface area contributed by atoms with Crippen molar-refractivity contribution in [1.29, 1.82) is 0 Å². The van der Waals surface area contributed by atoms with Gasteiger partial charge in [0.25, 0.3) is 5.91 Å². The van der Waals surface area contributed by atoms with Crippen LogP contribution in [0.5, 0.6) is 0 Å². The summed E-state index contributed by atoms with van der Waals surface area (Å²) in [6, 6.07) is 0. The summed E-state index contributed by atoms with van der Waals surface area (Å²) < 4.78 is 5.32. The maximum Gasteiger partial charge on any atom is 0.267 e. The Bertz CT molecular complexity index is 374. The van der Waals surface area contributed by atoms with Gasteiger partial charge in [-0.05, 0) is 6.08 Å². The van der Waals surface area contributed by atoms with Crippen LogP contribution < -0.4 is 5.32 Å². The highest BCUT2D eigenvalue weighted by molar-refractivity contribution is 7.84. The lowest BCUT2D eigenvalue weighted by Crippen LogP contribution is -2.44. The van der Waals surface area contributed by atoms with E-state index in [2.05, 4.69) is 31.1 Å². The average Bonchev–Trinajstić information content (AvgIpc) is 2.35. The first-order valence-electron chi connectivity index (χ1n) is 5.76. The second-order valence-corrected chi connectivity index (χ2v) is 3.75. The minimum Gasteiger partial charge on any atom is -0.480 e. The number of carbonyl (C=O) groups is 2. The number of nitrogens with one attached hydrogen (secondary N) is 1. The molecule has 2 amide bonds. The van der Waals surface area contributed by atoms with Gasteiger partial charge in [0, 0.05) is 17.7 Å². The van der Waals surface area contributed by atoms with E-state index in [-0.39, 0.29) is 18.1 Å². The first-order chi connectivity index (χ1) is 8.54. The fourth-order valence-electron chi connectivity index (χ4n) is 1.22. The van der Waals surface area contributed by atoms with Crippen LogP contribution in [0.1, 0.15) is 26.7 Å². The zero-order valence-corrected chi connectivity index (χ0v) is 11.6. The minimum absolute atomic E-state index is 0.275. The molecule has 1 fully saturated rings. The lowest BCUT2D eigenvalue weighted by molar-refractivity contribution is -0.140. The van der Waals surface area contributed by atoms with E-state index in [0.717, 1.165) is 0 Å². The molecule has 18 heavy (non-hydrogen) atoms. The first kappa shape index (κ1) is 16.5. The smallest absolute Gasteiger partial charge is 0.267 e. The Hall–Kier alpha value is -1.49. The lowest BCUT2D eigenvalue weighted by atomic mass is 10.1. The summed E-state index contributed by atoms with van der Waals surface area (Å²) in [5.74, 6) is -0.418. The van der Waals surface area contributed by atoms with E-state index in [9.17, 15) is 9.59 Å². The number of allylic oxidation sites excluding steroid dienone is 2. The van der Waals surface area contributed by atoms with Gasteiger partial charge in [0.05, 0.1) is 0 Å². The summed E-state index contributed by atoms with van der Waals surface area (Å²) in [6.07, 6.45) is 3.11. The van der Waals surface area contributed by atoms with Gasteiger partial charge in [0.1, 0.15) is 5.76 Å². The molecule has 1 unspecified atom stereocenters. The molecule has 0 aromatic carbocycles. The number of amides is 2. The number of ether oxygens (including phenoxy) is 1. The molecule has 0 radical (unpaired) electrons. The number of piperidine rings is 1. The Morgan fingerprint density at radius 1 is 1.50 bits per heavy atom. The zero-order chi connectivity index (χ0) is 14.1. The van der Waals surface area contributed by atoms with Crippen molar-refractivity contribution in [3.8, 4) is 0 Å². The van der Waals surface area contributed by atoms with E-state index in [1.165, 1.54) is 0 Å². The van der Waals surface area contributed by atoms with Crippen LogP contribution in [-0.2, 0) is 14.3 Å². The Kier molecular flexibility index (Phi) is 7.87. The molecule has 0 aromatic rings. The molecule has 100 valence electrons. The van der Waals surface area contributed by atoms with Crippen LogP contribution in [-0.4, -0.2) is 17.9 Å². The summed E-state index contributed by atoms with van der Waals surface area (Å²) in [4.78, 5) is 22.7. The van der Waals surface area contributed by atoms with Crippen molar-refractivity contribution in [2.75, 3.05) is 0 Å². The van der Waals surface area contributed by atoms with E-state index >= 15 is 0 Å². The average molecular weight is 269 g/mol. The fourth-order valence-corrected chi connectivity index (χ4v) is 1.38. The normalized spacial score (nSPS) is 19.3. The predicted octanol–water partition coefficient (Wildman–Crippen LogP) is 2.35. The maximum atomic E-state index is 11.4. The second kappa shape index (κ2) is 8.58. The Labute approximate surface area is 113 Å². The second-order valence-electron chi connectivity index (χ2n) is 3.27. The lowest BCUT2D eigenvalue weighted by Gasteiger charge is -2.22. The molecule has 4 nitrogen and oxygen atoms in total. The zero-order valence-electron chi connectivity index (χ0n) is 10.7. The Morgan fingerprint density at radius 2 is 2.11 bits per heavy atom. The van der Waals surface area contributed by atoms with Gasteiger partial charge in [0.15, 0.2) is 6.10 Å². The van der Waals surface area contributed by atoms with Crippen molar-refractivity contribution >= 4 is 24.4 Å². The third-order valence-electron chi connectivity index (χ3n) is 2.03. The molecule has 0 bridgehead atoms. The summed E-state index contributed by atoms with van der Waals surface area (Å²) >= 11 is 4.12. The molecular formula is C13H19NO3S. The minimum atomic E-state index is -0.675. The number of imide groups is 1. The Balaban J connectivity index is 0.00000137. The van der Waals surface area contributed by atoms with Crippen molar-refractivity contribution in [2.45, 2.75) is 32.8 Å². The van der Waals surface area contributed by atoms with Gasteiger partial charge in [-0.3, -0.25) is 14.9 Å². The van der Waals surface area contributed by atoms with Crippen molar-refractivity contribution < 1.29 is 14.3 Å². The van der Waals surface area contributed by atoms with E-state index in [1.54, 1.807) is 12.2 Å². The number of carbonyl (C=O) groups excluding carboxylic acids is 2. The predicted molar refractivity (Wildman–Crippen MR) is 75.0 cm³/mol. The van der Waals surface area contributed by atoms with Gasteiger partial charge in [-0.1, -0.05) is 33.1 Å². The fraction of sp³-hybridized carbons (Fsp3) is 0.385. The van der Waals surface area contributed by atoms with Gasteiger partial charge in [0.2, 0.25) is 5.91 Å². The molecule has 1 heterocycles. The van der Waals surface area contributed by atoms with E-state index in [4.69, 9.17) is 4.74 Å². The van der Waals surface area contributed by atoms with Crippen LogP contribution in [0, 0.1) is 0 Å². The van der Waals surface area contributed by atoms with E-state index < -0.39 is 12.0 Å². The van der Waals surface area contributed by atoms with Crippen LogP contribution in [0.25, 0.3) is 0 Å². The van der Waals surface area contributed by atoms with Crippen molar-refractivity contribution in [3.05, 3.63) is 36.0 Å². The molecule has 0 aliphatic carbocycles. The molecule has 1 aliphatic rings. The highest BCUT2D eigenvalue weighted by Gasteiger charge is 2.28. The van der Waals surface area contributed by atoms with Crippen LogP contribution in [0.15, 0.2) is 36.0 Å². The van der Waals surface area contributed by atoms with Crippen LogP contribution in [0.4, 0.5) is 0 Å². The topological polar surface area (TPSA) is 55.4 Å². The molecule has 0 aromatic heterocycles. The highest BCUT2D eigenvalue weighted by atomic mass is 32.1. The molecule has 1 aliphatic heterocycles. The van der Waals surface area contributed by atoms with Crippen LogP contribution in [0.2, 0.25) is 0 Å². The summed E-state index contributed by atoms with van der Waals surface area (Å²) in [6.45, 7) is 11.2. The standard InChI is InChI=1S/C11H13NO3S.C2H6/c1-3-4-9(16)7(2)15-8-5-6-10(13)12-11(8)14;1-2/h3-4,8,16H,1-2,5-6H2,(H,12,13,14);1-2H3/b9-4+;. The molecule has 1 atom stereocenters. The molecule has 1 saturated heterocycles. The SMILES string of the molecule is C=C/C=C(/S)C(=C)OC1CCC(=O)NC1=O.CC. The largest absolute Gasteiger partial charge is 0.480 e. The van der Waals surface area contributed by atoms with Gasteiger partial charge in [-0.25, -0.2) is 0 Å². The van der Waals surface area contributed by atoms with Crippen molar-refractivity contribution in [1.82, 2.24) is 5.32 Å². The number of hydrogen-bond acceptors (Lipinski definition) is 4. The number of rotatable bonds is 4. The van der Waals surface area contributed by atoms with Crippen LogP contribution >= 0.6 is 12.6 Å². The van der Waals surface area contributed by atoms with Crippen molar-refractivity contribution in [3.63, 3.8) is 0 Å². The third-order valence-corrected chi connectivity index (χ3v) is 2.43. The monoisotopic (exact) mass is 269 g/mol. The molecule has 1 rings (SSSR count). The first-order valence-corrected chi connectivity index (χ1v) is 6.20. The summed E-state index contributed by atoms with van der Waals surface area (Å²) in [5.41, 5.74) is 0.